The monoisotopic (exact) mass is 333 g/mol. The first-order valence-corrected chi connectivity index (χ1v) is 8.12. The Bertz CT molecular complexity index is 649. The second-order valence-corrected chi connectivity index (χ2v) is 6.20. The van der Waals surface area contributed by atoms with Crippen LogP contribution in [0.2, 0.25) is 0 Å². The van der Waals surface area contributed by atoms with Crippen molar-refractivity contribution in [1.29, 1.82) is 0 Å². The second kappa shape index (κ2) is 6.68. The molecule has 0 aliphatic carbocycles. The van der Waals surface area contributed by atoms with E-state index in [0.29, 0.717) is 38.4 Å². The van der Waals surface area contributed by atoms with Gasteiger partial charge in [-0.3, -0.25) is 4.79 Å². The van der Waals surface area contributed by atoms with Gasteiger partial charge in [-0.15, -0.1) is 0 Å². The highest BCUT2D eigenvalue weighted by molar-refractivity contribution is 6.07. The van der Waals surface area contributed by atoms with E-state index in [4.69, 9.17) is 9.47 Å². The van der Waals surface area contributed by atoms with Crippen LogP contribution in [-0.2, 0) is 14.9 Å². The van der Waals surface area contributed by atoms with E-state index >= 15 is 0 Å². The number of likely N-dealkylation sites (tertiary alicyclic amines) is 1. The van der Waals surface area contributed by atoms with Crippen molar-refractivity contribution in [2.45, 2.75) is 18.3 Å². The van der Waals surface area contributed by atoms with Crippen molar-refractivity contribution in [3.63, 3.8) is 0 Å². The first-order valence-electron chi connectivity index (χ1n) is 8.12. The lowest BCUT2D eigenvalue weighted by Crippen LogP contribution is -2.43. The van der Waals surface area contributed by atoms with Gasteiger partial charge in [-0.1, -0.05) is 0 Å². The fourth-order valence-corrected chi connectivity index (χ4v) is 3.43. The number of anilines is 1. The number of amides is 3. The largest absolute Gasteiger partial charge is 0.497 e. The van der Waals surface area contributed by atoms with Crippen LogP contribution in [0.5, 0.6) is 5.75 Å². The van der Waals surface area contributed by atoms with Crippen molar-refractivity contribution < 1.29 is 19.1 Å². The van der Waals surface area contributed by atoms with E-state index in [1.165, 1.54) is 0 Å². The zero-order valence-corrected chi connectivity index (χ0v) is 14.1. The summed E-state index contributed by atoms with van der Waals surface area (Å²) >= 11 is 0. The van der Waals surface area contributed by atoms with Crippen LogP contribution >= 0.6 is 0 Å². The molecule has 1 spiro atoms. The molecule has 0 radical (unpaired) electrons. The first kappa shape index (κ1) is 16.6. The molecule has 2 heterocycles. The average Bonchev–Trinajstić information content (AvgIpc) is 3.15. The Labute approximate surface area is 141 Å². The number of carbonyl (C=O) groups excluding carboxylic acids is 2. The number of nitrogens with zero attached hydrogens (tertiary/aromatic N) is 1. The van der Waals surface area contributed by atoms with Gasteiger partial charge in [0.1, 0.15) is 5.75 Å². The number of benzene rings is 1. The minimum absolute atomic E-state index is 0.0413. The maximum atomic E-state index is 12.6. The normalized spacial score (nSPS) is 21.8. The van der Waals surface area contributed by atoms with Crippen molar-refractivity contribution in [2.75, 3.05) is 45.8 Å². The molecule has 0 saturated carbocycles. The smallest absolute Gasteiger partial charge is 0.317 e. The number of hydrogen-bond acceptors (Lipinski definition) is 4. The van der Waals surface area contributed by atoms with Crippen LogP contribution in [0.25, 0.3) is 0 Å². The molecule has 1 saturated heterocycles. The number of fused-ring (bicyclic) bond motifs is 2. The minimum Gasteiger partial charge on any atom is -0.497 e. The Balaban J connectivity index is 1.72. The molecule has 1 unspecified atom stereocenters. The average molecular weight is 333 g/mol. The summed E-state index contributed by atoms with van der Waals surface area (Å²) in [6, 6.07) is 5.45. The molecule has 0 aromatic heterocycles. The predicted octanol–water partition coefficient (Wildman–Crippen LogP) is 1.34. The quantitative estimate of drug-likeness (QED) is 0.797. The number of urea groups is 1. The zero-order valence-electron chi connectivity index (χ0n) is 14.1. The van der Waals surface area contributed by atoms with E-state index in [-0.39, 0.29) is 11.9 Å². The van der Waals surface area contributed by atoms with Crippen molar-refractivity contribution in [1.82, 2.24) is 10.2 Å². The standard InChI is InChI=1S/C17H23N3O4/c1-23-9-3-7-18-16(22)20-8-6-17(11-20)13-10-12(24-2)4-5-14(13)19-15(17)21/h4-5,10H,3,6-9,11H2,1-2H3,(H,18,22)(H,19,21). The van der Waals surface area contributed by atoms with Crippen LogP contribution in [0.3, 0.4) is 0 Å². The van der Waals surface area contributed by atoms with Crippen LogP contribution in [0.15, 0.2) is 18.2 Å². The van der Waals surface area contributed by atoms with Crippen molar-refractivity contribution in [2.24, 2.45) is 0 Å². The summed E-state index contributed by atoms with van der Waals surface area (Å²) in [5.74, 6) is 0.674. The topological polar surface area (TPSA) is 79.9 Å². The number of ether oxygens (including phenoxy) is 2. The van der Waals surface area contributed by atoms with Gasteiger partial charge >= 0.3 is 6.03 Å². The third kappa shape index (κ3) is 2.80. The Morgan fingerprint density at radius 1 is 1.42 bits per heavy atom. The van der Waals surface area contributed by atoms with E-state index in [9.17, 15) is 9.59 Å². The number of hydrogen-bond donors (Lipinski definition) is 2. The summed E-state index contributed by atoms with van der Waals surface area (Å²) in [4.78, 5) is 26.6. The summed E-state index contributed by atoms with van der Waals surface area (Å²) < 4.78 is 10.3. The summed E-state index contributed by atoms with van der Waals surface area (Å²) in [6.07, 6.45) is 1.38. The molecular formula is C17H23N3O4. The van der Waals surface area contributed by atoms with Crippen LogP contribution in [0, 0.1) is 0 Å². The van der Waals surface area contributed by atoms with Gasteiger partial charge in [-0.25, -0.2) is 4.79 Å². The molecule has 1 atom stereocenters. The lowest BCUT2D eigenvalue weighted by Gasteiger charge is -2.23. The molecular weight excluding hydrogens is 310 g/mol. The number of methoxy groups -OCH3 is 2. The summed E-state index contributed by atoms with van der Waals surface area (Å²) in [5.41, 5.74) is 1.05. The van der Waals surface area contributed by atoms with Crippen molar-refractivity contribution >= 4 is 17.6 Å². The van der Waals surface area contributed by atoms with Crippen molar-refractivity contribution in [3.05, 3.63) is 23.8 Å². The molecule has 130 valence electrons. The predicted molar refractivity (Wildman–Crippen MR) is 89.4 cm³/mol. The maximum absolute atomic E-state index is 12.6. The van der Waals surface area contributed by atoms with Gasteiger partial charge in [0.2, 0.25) is 5.91 Å². The Hall–Kier alpha value is -2.28. The Morgan fingerprint density at radius 2 is 2.25 bits per heavy atom. The number of rotatable bonds is 5. The highest BCUT2D eigenvalue weighted by atomic mass is 16.5. The van der Waals surface area contributed by atoms with Gasteiger partial charge in [0, 0.05) is 39.0 Å². The molecule has 7 heteroatoms. The van der Waals surface area contributed by atoms with Crippen LogP contribution in [0.1, 0.15) is 18.4 Å². The first-order chi connectivity index (χ1) is 11.6. The third-order valence-electron chi connectivity index (χ3n) is 4.78. The Morgan fingerprint density at radius 3 is 3.00 bits per heavy atom. The van der Waals surface area contributed by atoms with E-state index in [1.54, 1.807) is 19.1 Å². The molecule has 2 aliphatic rings. The molecule has 24 heavy (non-hydrogen) atoms. The number of carbonyl (C=O) groups is 2. The fourth-order valence-electron chi connectivity index (χ4n) is 3.43. The molecule has 0 bridgehead atoms. The summed E-state index contributed by atoms with van der Waals surface area (Å²) in [5, 5.41) is 5.81. The van der Waals surface area contributed by atoms with E-state index < -0.39 is 5.41 Å². The summed E-state index contributed by atoms with van der Waals surface area (Å²) in [7, 11) is 3.24. The van der Waals surface area contributed by atoms with Gasteiger partial charge in [0.25, 0.3) is 0 Å². The molecule has 2 N–H and O–H groups in total. The van der Waals surface area contributed by atoms with Gasteiger partial charge in [0.15, 0.2) is 0 Å². The lowest BCUT2D eigenvalue weighted by atomic mass is 9.81. The van der Waals surface area contributed by atoms with Crippen molar-refractivity contribution in [3.8, 4) is 5.75 Å². The van der Waals surface area contributed by atoms with E-state index in [1.807, 2.05) is 18.2 Å². The van der Waals surface area contributed by atoms with Crippen LogP contribution in [0.4, 0.5) is 10.5 Å². The minimum atomic E-state index is -0.673. The third-order valence-corrected chi connectivity index (χ3v) is 4.78. The number of nitrogens with one attached hydrogen (secondary N) is 2. The molecule has 1 aromatic carbocycles. The molecule has 7 nitrogen and oxygen atoms in total. The highest BCUT2D eigenvalue weighted by Gasteiger charge is 2.52. The lowest BCUT2D eigenvalue weighted by molar-refractivity contribution is -0.120. The molecule has 3 rings (SSSR count). The van der Waals surface area contributed by atoms with E-state index in [2.05, 4.69) is 10.6 Å². The molecule has 2 aliphatic heterocycles. The van der Waals surface area contributed by atoms with Crippen LogP contribution < -0.4 is 15.4 Å². The fraction of sp³-hybridized carbons (Fsp3) is 0.529. The molecule has 3 amide bonds. The summed E-state index contributed by atoms with van der Waals surface area (Å²) in [6.45, 7) is 2.11. The zero-order chi connectivity index (χ0) is 17.2. The van der Waals surface area contributed by atoms with E-state index in [0.717, 1.165) is 17.7 Å². The van der Waals surface area contributed by atoms with Crippen LogP contribution in [-0.4, -0.2) is 57.3 Å². The van der Waals surface area contributed by atoms with Gasteiger partial charge in [0.05, 0.1) is 12.5 Å². The van der Waals surface area contributed by atoms with Gasteiger partial charge < -0.3 is 25.0 Å². The highest BCUT2D eigenvalue weighted by Crippen LogP contribution is 2.45. The van der Waals surface area contributed by atoms with Gasteiger partial charge in [-0.2, -0.15) is 0 Å². The van der Waals surface area contributed by atoms with Gasteiger partial charge in [-0.05, 0) is 36.6 Å². The SMILES string of the molecule is COCCCNC(=O)N1CCC2(C1)C(=O)Nc1ccc(OC)cc12. The Kier molecular flexibility index (Phi) is 4.62. The molecule has 1 fully saturated rings. The molecule has 1 aromatic rings. The maximum Gasteiger partial charge on any atom is 0.317 e. The second-order valence-electron chi connectivity index (χ2n) is 6.20.